The number of imidazole rings is 1. The first kappa shape index (κ1) is 17.2. The van der Waals surface area contributed by atoms with E-state index < -0.39 is 0 Å². The first-order valence-electron chi connectivity index (χ1n) is 9.86. The molecule has 0 fully saturated rings. The third-order valence-corrected chi connectivity index (χ3v) is 5.58. The molecule has 6 rings (SSSR count). The van der Waals surface area contributed by atoms with Crippen LogP contribution >= 0.6 is 0 Å². The van der Waals surface area contributed by atoms with Gasteiger partial charge >= 0.3 is 0 Å². The summed E-state index contributed by atoms with van der Waals surface area (Å²) >= 11 is 0. The zero-order valence-electron chi connectivity index (χ0n) is 16.1. The van der Waals surface area contributed by atoms with E-state index in [1.165, 1.54) is 5.56 Å². The van der Waals surface area contributed by atoms with Gasteiger partial charge in [0.2, 0.25) is 18.5 Å². The summed E-state index contributed by atoms with van der Waals surface area (Å²) in [6, 6.07) is 16.0. The molecule has 1 atom stereocenters. The second kappa shape index (κ2) is 7.00. The number of benzene rings is 2. The van der Waals surface area contributed by atoms with E-state index in [1.54, 1.807) is 6.33 Å². The molecule has 0 amide bonds. The highest BCUT2D eigenvalue weighted by molar-refractivity contribution is 5.61. The van der Waals surface area contributed by atoms with Crippen molar-refractivity contribution in [3.63, 3.8) is 0 Å². The molecule has 0 aliphatic carbocycles. The lowest BCUT2D eigenvalue weighted by molar-refractivity contribution is 0.128. The number of hydrogen-bond donors (Lipinski definition) is 1. The minimum Gasteiger partial charge on any atom is -0.454 e. The van der Waals surface area contributed by atoms with Crippen LogP contribution in [-0.2, 0) is 19.5 Å². The number of H-pyrrole nitrogens is 1. The van der Waals surface area contributed by atoms with Crippen LogP contribution in [0.25, 0.3) is 11.4 Å². The molecule has 2 aliphatic heterocycles. The molecule has 2 aliphatic rings. The lowest BCUT2D eigenvalue weighted by Gasteiger charge is -2.32. The number of nitrogens with zero attached hydrogens (tertiary/aromatic N) is 4. The fraction of sp³-hybridized carbons (Fsp3) is 0.227. The Morgan fingerprint density at radius 2 is 1.97 bits per heavy atom. The van der Waals surface area contributed by atoms with E-state index in [9.17, 15) is 0 Å². The molecule has 150 valence electrons. The van der Waals surface area contributed by atoms with Crippen molar-refractivity contribution in [3.05, 3.63) is 77.7 Å². The number of rotatable bonds is 4. The van der Waals surface area contributed by atoms with Crippen LogP contribution in [0.3, 0.4) is 0 Å². The van der Waals surface area contributed by atoms with E-state index in [1.807, 2.05) is 24.3 Å². The standard InChI is InChI=1S/C22H19N5O3/c1-2-4-14(5-3-1)10-27-11-17-16(23-12-24-17)9-18(27)22-25-21(26-30-22)15-6-7-19-20(8-15)29-13-28-19/h1-8,12,18H,9-11,13H2,(H,23,24)/t18-/m0/s1. The van der Waals surface area contributed by atoms with Crippen LogP contribution in [0.4, 0.5) is 0 Å². The molecular formula is C22H19N5O3. The predicted octanol–water partition coefficient (Wildman–Crippen LogP) is 3.49. The Morgan fingerprint density at radius 1 is 1.07 bits per heavy atom. The van der Waals surface area contributed by atoms with Gasteiger partial charge in [-0.05, 0) is 23.8 Å². The molecule has 0 spiro atoms. The fourth-order valence-electron chi connectivity index (χ4n) is 4.04. The van der Waals surface area contributed by atoms with Crippen molar-refractivity contribution >= 4 is 0 Å². The van der Waals surface area contributed by atoms with E-state index in [2.05, 4.69) is 44.3 Å². The third kappa shape index (κ3) is 3.02. The van der Waals surface area contributed by atoms with Crippen LogP contribution in [0.2, 0.25) is 0 Å². The first-order valence-corrected chi connectivity index (χ1v) is 9.86. The van der Waals surface area contributed by atoms with Crippen LogP contribution in [0.1, 0.15) is 28.9 Å². The van der Waals surface area contributed by atoms with E-state index in [4.69, 9.17) is 19.0 Å². The SMILES string of the molecule is c1ccc(CN2Cc3[nH]cnc3C[C@H]2c2nc(-c3ccc4c(c3)OCO4)no2)cc1. The van der Waals surface area contributed by atoms with E-state index in [-0.39, 0.29) is 12.8 Å². The second-order valence-corrected chi connectivity index (χ2v) is 7.46. The van der Waals surface area contributed by atoms with Gasteiger partial charge in [-0.3, -0.25) is 4.90 Å². The number of hydrogen-bond acceptors (Lipinski definition) is 7. The molecule has 8 heteroatoms. The average Bonchev–Trinajstić information content (AvgIpc) is 3.53. The third-order valence-electron chi connectivity index (χ3n) is 5.58. The Morgan fingerprint density at radius 3 is 2.90 bits per heavy atom. The minimum atomic E-state index is -0.0451. The molecule has 2 aromatic carbocycles. The second-order valence-electron chi connectivity index (χ2n) is 7.46. The molecule has 0 bridgehead atoms. The van der Waals surface area contributed by atoms with Gasteiger partial charge in [-0.1, -0.05) is 35.5 Å². The molecule has 30 heavy (non-hydrogen) atoms. The van der Waals surface area contributed by atoms with Crippen LogP contribution in [0.15, 0.2) is 59.4 Å². The number of ether oxygens (including phenoxy) is 2. The molecule has 1 N–H and O–H groups in total. The van der Waals surface area contributed by atoms with Crippen molar-refractivity contribution in [1.82, 2.24) is 25.0 Å². The zero-order valence-corrected chi connectivity index (χ0v) is 16.1. The van der Waals surface area contributed by atoms with Crippen molar-refractivity contribution in [2.24, 2.45) is 0 Å². The van der Waals surface area contributed by atoms with Gasteiger partial charge in [0.15, 0.2) is 11.5 Å². The Labute approximate surface area is 172 Å². The van der Waals surface area contributed by atoms with E-state index >= 15 is 0 Å². The molecule has 2 aromatic heterocycles. The molecule has 0 saturated carbocycles. The normalized spacial score (nSPS) is 17.8. The van der Waals surface area contributed by atoms with E-state index in [0.29, 0.717) is 23.9 Å². The van der Waals surface area contributed by atoms with Crippen molar-refractivity contribution in [2.45, 2.75) is 25.6 Å². The summed E-state index contributed by atoms with van der Waals surface area (Å²) in [4.78, 5) is 14.8. The van der Waals surface area contributed by atoms with Gasteiger partial charge in [0.1, 0.15) is 0 Å². The number of aromatic nitrogens is 4. The Kier molecular flexibility index (Phi) is 4.02. The summed E-state index contributed by atoms with van der Waals surface area (Å²) in [5.74, 6) is 2.56. The van der Waals surface area contributed by atoms with Crippen molar-refractivity contribution < 1.29 is 14.0 Å². The maximum atomic E-state index is 5.72. The maximum Gasteiger partial charge on any atom is 0.244 e. The topological polar surface area (TPSA) is 89.3 Å². The highest BCUT2D eigenvalue weighted by Gasteiger charge is 2.33. The van der Waals surface area contributed by atoms with Gasteiger partial charge in [-0.2, -0.15) is 4.98 Å². The van der Waals surface area contributed by atoms with Gasteiger partial charge in [0.25, 0.3) is 0 Å². The molecule has 4 aromatic rings. The Bertz CT molecular complexity index is 1190. The highest BCUT2D eigenvalue weighted by atomic mass is 16.7. The van der Waals surface area contributed by atoms with E-state index in [0.717, 1.165) is 35.8 Å². The monoisotopic (exact) mass is 401 g/mol. The predicted molar refractivity (Wildman–Crippen MR) is 107 cm³/mol. The number of aromatic amines is 1. The van der Waals surface area contributed by atoms with Crippen molar-refractivity contribution in [2.75, 3.05) is 6.79 Å². The van der Waals surface area contributed by atoms with Gasteiger partial charge in [-0.15, -0.1) is 0 Å². The summed E-state index contributed by atoms with van der Waals surface area (Å²) in [5, 5.41) is 4.23. The summed E-state index contributed by atoms with van der Waals surface area (Å²) < 4.78 is 16.6. The van der Waals surface area contributed by atoms with Crippen molar-refractivity contribution in [1.29, 1.82) is 0 Å². The fourth-order valence-corrected chi connectivity index (χ4v) is 4.04. The maximum absolute atomic E-state index is 5.72. The lowest BCUT2D eigenvalue weighted by Crippen LogP contribution is -2.34. The number of nitrogens with one attached hydrogen (secondary N) is 1. The molecule has 0 unspecified atom stereocenters. The molecule has 0 saturated heterocycles. The molecule has 0 radical (unpaired) electrons. The van der Waals surface area contributed by atoms with Crippen LogP contribution < -0.4 is 9.47 Å². The summed E-state index contributed by atoms with van der Waals surface area (Å²) in [6.07, 6.45) is 2.47. The summed E-state index contributed by atoms with van der Waals surface area (Å²) in [7, 11) is 0. The van der Waals surface area contributed by atoms with Gasteiger partial charge in [0, 0.05) is 25.1 Å². The Hall–Kier alpha value is -3.65. The molecule has 4 heterocycles. The highest BCUT2D eigenvalue weighted by Crippen LogP contribution is 2.37. The quantitative estimate of drug-likeness (QED) is 0.560. The summed E-state index contributed by atoms with van der Waals surface area (Å²) in [6.45, 7) is 1.77. The smallest absolute Gasteiger partial charge is 0.244 e. The molecule has 8 nitrogen and oxygen atoms in total. The average molecular weight is 401 g/mol. The van der Waals surface area contributed by atoms with Gasteiger partial charge < -0.3 is 19.0 Å². The zero-order chi connectivity index (χ0) is 19.9. The summed E-state index contributed by atoms with van der Waals surface area (Å²) in [5.41, 5.74) is 4.26. The van der Waals surface area contributed by atoms with Gasteiger partial charge in [-0.25, -0.2) is 4.98 Å². The van der Waals surface area contributed by atoms with Crippen molar-refractivity contribution in [3.8, 4) is 22.9 Å². The van der Waals surface area contributed by atoms with Gasteiger partial charge in [0.05, 0.1) is 23.8 Å². The Balaban J connectivity index is 1.32. The largest absolute Gasteiger partial charge is 0.454 e. The number of fused-ring (bicyclic) bond motifs is 2. The van der Waals surface area contributed by atoms with Crippen LogP contribution in [0, 0.1) is 0 Å². The van der Waals surface area contributed by atoms with Crippen LogP contribution in [0.5, 0.6) is 11.5 Å². The molecular weight excluding hydrogens is 382 g/mol. The lowest BCUT2D eigenvalue weighted by atomic mass is 10.0. The minimum absolute atomic E-state index is 0.0451. The van der Waals surface area contributed by atoms with Crippen LogP contribution in [-0.4, -0.2) is 31.8 Å². The first-order chi connectivity index (χ1) is 14.8.